The number of esters is 1. The maximum absolute atomic E-state index is 12.8. The monoisotopic (exact) mass is 909 g/mol. The third-order valence-electron chi connectivity index (χ3n) is 10.9. The molecule has 0 aromatic rings. The molecule has 0 spiro atoms. The van der Waals surface area contributed by atoms with Crippen LogP contribution in [0.4, 0.5) is 0 Å². The molecule has 65 heavy (non-hydrogen) atoms. The number of carbonyl (C=O) groups excluding carboxylic acids is 1. The van der Waals surface area contributed by atoms with E-state index in [0.29, 0.717) is 6.61 Å². The molecule has 1 saturated heterocycles. The van der Waals surface area contributed by atoms with Crippen LogP contribution in [0, 0.1) is 0 Å². The molecule has 0 aromatic carbocycles. The van der Waals surface area contributed by atoms with Gasteiger partial charge in [-0.3, -0.25) is 4.79 Å². The highest BCUT2D eigenvalue weighted by Crippen LogP contribution is 2.22. The van der Waals surface area contributed by atoms with Gasteiger partial charge in [-0.05, 0) is 103 Å². The zero-order valence-electron chi connectivity index (χ0n) is 40.7. The van der Waals surface area contributed by atoms with Crippen LogP contribution < -0.4 is 0 Å². The molecule has 0 aromatic heterocycles. The van der Waals surface area contributed by atoms with E-state index in [4.69, 9.17) is 18.9 Å². The SMILES string of the molecule is CC/C=C\C/C=C\C/C=C\C/C=C\C/C=C\C/C=C\C/C=C\CCCCCCOCC(COC1OC(CO)C(O)C(O)C1O)OC(=O)CCCCCCC/C=C\C/C=C\CCCCCC. The number of rotatable bonds is 42. The van der Waals surface area contributed by atoms with Crippen LogP contribution in [0.2, 0.25) is 0 Å². The highest BCUT2D eigenvalue weighted by Gasteiger charge is 2.44. The molecule has 6 unspecified atom stereocenters. The van der Waals surface area contributed by atoms with Gasteiger partial charge in [-0.15, -0.1) is 0 Å². The molecular weight excluding hydrogens is 817 g/mol. The van der Waals surface area contributed by atoms with Gasteiger partial charge in [0.2, 0.25) is 0 Å². The fourth-order valence-electron chi connectivity index (χ4n) is 6.97. The maximum atomic E-state index is 12.8. The summed E-state index contributed by atoms with van der Waals surface area (Å²) in [5.74, 6) is -0.341. The first-order chi connectivity index (χ1) is 31.9. The fraction of sp³-hybridized carbons (Fsp3) is 0.661. The minimum Gasteiger partial charge on any atom is -0.457 e. The van der Waals surface area contributed by atoms with Crippen molar-refractivity contribution < 1.29 is 44.2 Å². The van der Waals surface area contributed by atoms with Crippen molar-refractivity contribution >= 4 is 5.97 Å². The molecule has 370 valence electrons. The molecule has 6 atom stereocenters. The lowest BCUT2D eigenvalue weighted by atomic mass is 9.99. The van der Waals surface area contributed by atoms with Gasteiger partial charge in [-0.25, -0.2) is 0 Å². The summed E-state index contributed by atoms with van der Waals surface area (Å²) in [5.41, 5.74) is 0. The van der Waals surface area contributed by atoms with E-state index in [1.54, 1.807) is 0 Å². The summed E-state index contributed by atoms with van der Waals surface area (Å²) < 4.78 is 22.8. The van der Waals surface area contributed by atoms with Gasteiger partial charge in [0.1, 0.15) is 30.5 Å². The Hall–Kier alpha value is -3.15. The Kier molecular flexibility index (Phi) is 42.3. The Balaban J connectivity index is 2.26. The maximum Gasteiger partial charge on any atom is 0.306 e. The van der Waals surface area contributed by atoms with Crippen molar-refractivity contribution in [3.05, 3.63) is 109 Å². The van der Waals surface area contributed by atoms with Crippen LogP contribution in [0.1, 0.15) is 174 Å². The summed E-state index contributed by atoms with van der Waals surface area (Å²) in [7, 11) is 0. The fourth-order valence-corrected chi connectivity index (χ4v) is 6.97. The smallest absolute Gasteiger partial charge is 0.306 e. The average Bonchev–Trinajstić information content (AvgIpc) is 3.31. The lowest BCUT2D eigenvalue weighted by Gasteiger charge is -2.39. The molecule has 9 heteroatoms. The molecule has 4 N–H and O–H groups in total. The van der Waals surface area contributed by atoms with Crippen molar-refractivity contribution in [1.29, 1.82) is 0 Å². The van der Waals surface area contributed by atoms with E-state index in [-0.39, 0.29) is 25.6 Å². The standard InChI is InChI=1S/C56H92O9/c1-3-5-7-9-11-13-15-17-19-21-22-23-24-25-26-27-28-29-30-32-34-36-38-40-42-44-46-62-48-50(49-63-56-55(61)54(60)53(59)51(47-57)65-56)64-52(58)45-43-41-39-37-35-33-31-20-18-16-14-12-10-8-6-4-2/h5,7,11,13-14,16-17,19-20,22-23,25-26,28-29,31-32,34,50-51,53-57,59-61H,3-4,6,8-10,12,15,18,21,24,27,30,33,35-49H2,1-2H3/b7-5-,13-11-,16-14-,19-17-,23-22-,26-25-,29-28-,31-20-,34-32-. The minimum absolute atomic E-state index is 0.114. The highest BCUT2D eigenvalue weighted by atomic mass is 16.7. The van der Waals surface area contributed by atoms with Gasteiger partial charge in [-0.1, -0.05) is 175 Å². The minimum atomic E-state index is -1.55. The third kappa shape index (κ3) is 36.6. The lowest BCUT2D eigenvalue weighted by Crippen LogP contribution is -2.59. The van der Waals surface area contributed by atoms with Crippen LogP contribution in [0.15, 0.2) is 109 Å². The highest BCUT2D eigenvalue weighted by molar-refractivity contribution is 5.69. The van der Waals surface area contributed by atoms with Crippen LogP contribution in [0.3, 0.4) is 0 Å². The number of hydrogen-bond acceptors (Lipinski definition) is 9. The van der Waals surface area contributed by atoms with Gasteiger partial charge in [-0.2, -0.15) is 0 Å². The number of carbonyl (C=O) groups is 1. The van der Waals surface area contributed by atoms with Gasteiger partial charge < -0.3 is 39.4 Å². The summed E-state index contributed by atoms with van der Waals surface area (Å²) in [6.45, 7) is 4.33. The number of hydrogen-bond donors (Lipinski definition) is 4. The molecule has 9 nitrogen and oxygen atoms in total. The van der Waals surface area contributed by atoms with E-state index in [0.717, 1.165) is 122 Å². The van der Waals surface area contributed by atoms with Crippen LogP contribution in [-0.4, -0.2) is 89.6 Å². The van der Waals surface area contributed by atoms with Crippen molar-refractivity contribution in [2.24, 2.45) is 0 Å². The molecule has 1 rings (SSSR count). The zero-order valence-corrected chi connectivity index (χ0v) is 40.7. The largest absolute Gasteiger partial charge is 0.457 e. The van der Waals surface area contributed by atoms with Crippen molar-refractivity contribution in [3.8, 4) is 0 Å². The second-order valence-electron chi connectivity index (χ2n) is 16.9. The van der Waals surface area contributed by atoms with Gasteiger partial charge >= 0.3 is 5.97 Å². The van der Waals surface area contributed by atoms with Gasteiger partial charge in [0.15, 0.2) is 6.29 Å². The van der Waals surface area contributed by atoms with Crippen molar-refractivity contribution in [3.63, 3.8) is 0 Å². The molecule has 1 heterocycles. The first kappa shape index (κ1) is 59.9. The van der Waals surface area contributed by atoms with Gasteiger partial charge in [0.05, 0.1) is 19.8 Å². The number of ether oxygens (including phenoxy) is 4. The number of allylic oxidation sites excluding steroid dienone is 18. The number of aliphatic hydroxyl groups is 4. The van der Waals surface area contributed by atoms with E-state index < -0.39 is 43.4 Å². The Morgan fingerprint density at radius 2 is 0.938 bits per heavy atom. The summed E-state index contributed by atoms with van der Waals surface area (Å²) in [6, 6.07) is 0. The second-order valence-corrected chi connectivity index (χ2v) is 16.9. The first-order valence-electron chi connectivity index (χ1n) is 25.5. The molecule has 1 aliphatic rings. The van der Waals surface area contributed by atoms with Gasteiger partial charge in [0.25, 0.3) is 0 Å². The van der Waals surface area contributed by atoms with Crippen molar-refractivity contribution in [2.75, 3.05) is 26.4 Å². The quantitative estimate of drug-likeness (QED) is 0.0268. The topological polar surface area (TPSA) is 135 Å². The molecule has 0 bridgehead atoms. The molecular formula is C56H92O9. The predicted octanol–water partition coefficient (Wildman–Crippen LogP) is 12.5. The molecule has 0 radical (unpaired) electrons. The Morgan fingerprint density at radius 3 is 1.42 bits per heavy atom. The van der Waals surface area contributed by atoms with Crippen LogP contribution in [0.5, 0.6) is 0 Å². The molecule has 1 fully saturated rings. The summed E-state index contributed by atoms with van der Waals surface area (Å²) in [5, 5.41) is 40.2. The van der Waals surface area contributed by atoms with Crippen LogP contribution >= 0.6 is 0 Å². The normalized spacial score (nSPS) is 20.4. The zero-order chi connectivity index (χ0) is 47.1. The summed E-state index contributed by atoms with van der Waals surface area (Å²) >= 11 is 0. The average molecular weight is 909 g/mol. The third-order valence-corrected chi connectivity index (χ3v) is 10.9. The number of unbranched alkanes of at least 4 members (excludes halogenated alkanes) is 13. The van der Waals surface area contributed by atoms with Crippen molar-refractivity contribution in [2.45, 2.75) is 211 Å². The molecule has 0 saturated carbocycles. The Labute approximate surface area is 395 Å². The number of aliphatic hydroxyl groups excluding tert-OH is 4. The Morgan fingerprint density at radius 1 is 0.508 bits per heavy atom. The predicted molar refractivity (Wildman–Crippen MR) is 269 cm³/mol. The molecule has 0 amide bonds. The van der Waals surface area contributed by atoms with E-state index in [9.17, 15) is 25.2 Å². The van der Waals surface area contributed by atoms with Crippen molar-refractivity contribution in [1.82, 2.24) is 0 Å². The lowest BCUT2D eigenvalue weighted by molar-refractivity contribution is -0.305. The molecule has 1 aliphatic heterocycles. The van der Waals surface area contributed by atoms with E-state index in [1.807, 2.05) is 0 Å². The summed E-state index contributed by atoms with van der Waals surface area (Å²) in [4.78, 5) is 12.8. The first-order valence-corrected chi connectivity index (χ1v) is 25.5. The van der Waals surface area contributed by atoms with Crippen LogP contribution in [0.25, 0.3) is 0 Å². The van der Waals surface area contributed by atoms with E-state index in [1.165, 1.54) is 32.1 Å². The van der Waals surface area contributed by atoms with E-state index in [2.05, 4.69) is 123 Å². The van der Waals surface area contributed by atoms with Crippen LogP contribution in [-0.2, 0) is 23.7 Å². The van der Waals surface area contributed by atoms with Gasteiger partial charge in [0, 0.05) is 13.0 Å². The summed E-state index contributed by atoms with van der Waals surface area (Å²) in [6.07, 6.45) is 58.3. The van der Waals surface area contributed by atoms with E-state index >= 15 is 0 Å². The molecule has 0 aliphatic carbocycles. The second kappa shape index (κ2) is 46.0. The Bertz CT molecular complexity index is 1360.